The second-order valence-corrected chi connectivity index (χ2v) is 3.34. The van der Waals surface area contributed by atoms with Crippen LogP contribution in [0.5, 0.6) is 5.75 Å². The van der Waals surface area contributed by atoms with Crippen molar-refractivity contribution in [3.05, 3.63) is 23.5 Å². The maximum absolute atomic E-state index is 13.4. The van der Waals surface area contributed by atoms with E-state index < -0.39 is 11.8 Å². The van der Waals surface area contributed by atoms with Crippen LogP contribution in [0, 0.1) is 5.82 Å². The molecule has 0 aliphatic heterocycles. The van der Waals surface area contributed by atoms with Crippen molar-refractivity contribution in [2.75, 3.05) is 13.4 Å². The zero-order valence-corrected chi connectivity index (χ0v) is 8.52. The summed E-state index contributed by atoms with van der Waals surface area (Å²) in [6.45, 7) is 0. The number of thioether (sulfide) groups is 1. The minimum Gasteiger partial charge on any atom is -0.497 e. The van der Waals surface area contributed by atoms with Crippen molar-refractivity contribution < 1.29 is 19.0 Å². The molecule has 0 aromatic heterocycles. The van der Waals surface area contributed by atoms with Gasteiger partial charge in [0.15, 0.2) is 5.82 Å². The molecule has 5 heteroatoms. The highest BCUT2D eigenvalue weighted by molar-refractivity contribution is 7.98. The average molecular weight is 216 g/mol. The van der Waals surface area contributed by atoms with Crippen LogP contribution in [-0.4, -0.2) is 24.4 Å². The molecule has 0 unspecified atom stereocenters. The second kappa shape index (κ2) is 4.32. The Morgan fingerprint density at radius 3 is 2.64 bits per heavy atom. The molecule has 0 saturated carbocycles. The molecule has 0 spiro atoms. The van der Waals surface area contributed by atoms with Crippen molar-refractivity contribution >= 4 is 17.7 Å². The van der Waals surface area contributed by atoms with Gasteiger partial charge in [0.05, 0.1) is 12.7 Å². The van der Waals surface area contributed by atoms with E-state index in [0.29, 0.717) is 5.75 Å². The first-order valence-corrected chi connectivity index (χ1v) is 4.97. The topological polar surface area (TPSA) is 46.5 Å². The Kier molecular flexibility index (Phi) is 3.35. The smallest absolute Gasteiger partial charge is 0.338 e. The van der Waals surface area contributed by atoms with Crippen LogP contribution in [0.25, 0.3) is 0 Å². The molecule has 76 valence electrons. The van der Waals surface area contributed by atoms with Crippen molar-refractivity contribution in [3.63, 3.8) is 0 Å². The Balaban J connectivity index is 3.34. The number of ether oxygens (including phenoxy) is 1. The fourth-order valence-electron chi connectivity index (χ4n) is 0.995. The molecule has 1 aromatic carbocycles. The fraction of sp³-hybridized carbons (Fsp3) is 0.222. The van der Waals surface area contributed by atoms with Crippen LogP contribution in [-0.2, 0) is 0 Å². The summed E-state index contributed by atoms with van der Waals surface area (Å²) in [5.41, 5.74) is -0.367. The molecule has 0 amide bonds. The molecule has 0 fully saturated rings. The molecule has 0 bridgehead atoms. The van der Waals surface area contributed by atoms with E-state index in [1.807, 2.05) is 0 Å². The molecule has 1 rings (SSSR count). The number of aromatic carboxylic acids is 1. The Hall–Kier alpha value is -1.23. The number of rotatable bonds is 3. The summed E-state index contributed by atoms with van der Waals surface area (Å²) in [6, 6.07) is 2.63. The van der Waals surface area contributed by atoms with Gasteiger partial charge >= 0.3 is 5.97 Å². The minimum absolute atomic E-state index is 0.266. The van der Waals surface area contributed by atoms with Gasteiger partial charge in [0.2, 0.25) is 0 Å². The summed E-state index contributed by atoms with van der Waals surface area (Å²) in [5, 5.41) is 8.70. The normalized spacial score (nSPS) is 9.93. The van der Waals surface area contributed by atoms with Gasteiger partial charge in [-0.05, 0) is 18.4 Å². The molecule has 14 heavy (non-hydrogen) atoms. The Morgan fingerprint density at radius 2 is 2.21 bits per heavy atom. The van der Waals surface area contributed by atoms with Gasteiger partial charge in [-0.1, -0.05) is 0 Å². The zero-order valence-electron chi connectivity index (χ0n) is 7.70. The first-order chi connectivity index (χ1) is 6.60. The average Bonchev–Trinajstić information content (AvgIpc) is 2.17. The van der Waals surface area contributed by atoms with E-state index in [1.54, 1.807) is 6.26 Å². The third kappa shape index (κ3) is 1.98. The monoisotopic (exact) mass is 216 g/mol. The van der Waals surface area contributed by atoms with Crippen molar-refractivity contribution in [1.82, 2.24) is 0 Å². The molecule has 1 N–H and O–H groups in total. The third-order valence-electron chi connectivity index (χ3n) is 1.70. The van der Waals surface area contributed by atoms with Crippen molar-refractivity contribution in [3.8, 4) is 5.75 Å². The standard InChI is InChI=1S/C9H9FO3S/c1-13-5-3-6(9(11)12)8(10)7(4-5)14-2/h3-4H,1-2H3,(H,11,12). The highest BCUT2D eigenvalue weighted by atomic mass is 32.2. The number of carbonyl (C=O) groups is 1. The number of benzene rings is 1. The van der Waals surface area contributed by atoms with Crippen LogP contribution in [0.3, 0.4) is 0 Å². The maximum Gasteiger partial charge on any atom is 0.338 e. The molecular weight excluding hydrogens is 207 g/mol. The first-order valence-electron chi connectivity index (χ1n) is 3.75. The predicted molar refractivity (Wildman–Crippen MR) is 51.7 cm³/mol. The highest BCUT2D eigenvalue weighted by Crippen LogP contribution is 2.27. The van der Waals surface area contributed by atoms with Crippen molar-refractivity contribution in [1.29, 1.82) is 0 Å². The van der Waals surface area contributed by atoms with Crippen LogP contribution in [0.2, 0.25) is 0 Å². The molecule has 0 aliphatic rings. The largest absolute Gasteiger partial charge is 0.497 e. The van der Waals surface area contributed by atoms with E-state index in [-0.39, 0.29) is 10.5 Å². The number of hydrogen-bond acceptors (Lipinski definition) is 3. The summed E-state index contributed by atoms with van der Waals surface area (Å²) in [4.78, 5) is 10.9. The molecule has 0 saturated heterocycles. The van der Waals surface area contributed by atoms with E-state index in [0.717, 1.165) is 17.8 Å². The Bertz CT molecular complexity index is 365. The van der Waals surface area contributed by atoms with Crippen LogP contribution < -0.4 is 4.74 Å². The Morgan fingerprint density at radius 1 is 1.57 bits per heavy atom. The molecule has 0 aliphatic carbocycles. The van der Waals surface area contributed by atoms with Gasteiger partial charge in [0.25, 0.3) is 0 Å². The maximum atomic E-state index is 13.4. The molecule has 0 atom stereocenters. The molecule has 0 radical (unpaired) electrons. The van der Waals surface area contributed by atoms with E-state index in [4.69, 9.17) is 9.84 Å². The summed E-state index contributed by atoms with van der Waals surface area (Å²) < 4.78 is 18.2. The van der Waals surface area contributed by atoms with Gasteiger partial charge in [-0.25, -0.2) is 9.18 Å². The van der Waals surface area contributed by atoms with Crippen molar-refractivity contribution in [2.24, 2.45) is 0 Å². The molecule has 3 nitrogen and oxygen atoms in total. The van der Waals surface area contributed by atoms with Crippen molar-refractivity contribution in [2.45, 2.75) is 4.90 Å². The van der Waals surface area contributed by atoms with Gasteiger partial charge in [-0.2, -0.15) is 0 Å². The van der Waals surface area contributed by atoms with Gasteiger partial charge in [-0.15, -0.1) is 11.8 Å². The second-order valence-electron chi connectivity index (χ2n) is 2.50. The number of methoxy groups -OCH3 is 1. The van der Waals surface area contributed by atoms with E-state index in [9.17, 15) is 9.18 Å². The summed E-state index contributed by atoms with van der Waals surface area (Å²) in [5.74, 6) is -1.67. The lowest BCUT2D eigenvalue weighted by Gasteiger charge is -2.06. The van der Waals surface area contributed by atoms with E-state index >= 15 is 0 Å². The summed E-state index contributed by atoms with van der Waals surface area (Å²) in [7, 11) is 1.41. The number of hydrogen-bond donors (Lipinski definition) is 1. The van der Waals surface area contributed by atoms with Crippen LogP contribution in [0.15, 0.2) is 17.0 Å². The summed E-state index contributed by atoms with van der Waals surface area (Å²) in [6.07, 6.45) is 1.67. The summed E-state index contributed by atoms with van der Waals surface area (Å²) >= 11 is 1.14. The number of carboxylic acids is 1. The predicted octanol–water partition coefficient (Wildman–Crippen LogP) is 2.25. The fourth-order valence-corrected chi connectivity index (χ4v) is 1.52. The van der Waals surface area contributed by atoms with Crippen LogP contribution in [0.4, 0.5) is 4.39 Å². The van der Waals surface area contributed by atoms with Gasteiger partial charge in [0.1, 0.15) is 5.75 Å². The quantitative estimate of drug-likeness (QED) is 0.787. The Labute approximate surface area is 84.9 Å². The SMILES string of the molecule is COc1cc(SC)c(F)c(C(=O)O)c1. The number of carboxylic acid groups (broad SMARTS) is 1. The molecular formula is C9H9FO3S. The highest BCUT2D eigenvalue weighted by Gasteiger charge is 2.15. The van der Waals surface area contributed by atoms with Gasteiger partial charge < -0.3 is 9.84 Å². The minimum atomic E-state index is -1.29. The molecule has 1 aromatic rings. The third-order valence-corrected chi connectivity index (χ3v) is 2.44. The van der Waals surface area contributed by atoms with Crippen LogP contribution >= 0.6 is 11.8 Å². The lowest BCUT2D eigenvalue weighted by atomic mass is 10.2. The van der Waals surface area contributed by atoms with Gasteiger partial charge in [-0.3, -0.25) is 0 Å². The van der Waals surface area contributed by atoms with Gasteiger partial charge in [0, 0.05) is 4.90 Å². The van der Waals surface area contributed by atoms with Crippen LogP contribution in [0.1, 0.15) is 10.4 Å². The first kappa shape index (κ1) is 10.8. The van der Waals surface area contributed by atoms with E-state index in [2.05, 4.69) is 0 Å². The molecule has 0 heterocycles. The lowest BCUT2D eigenvalue weighted by molar-refractivity contribution is 0.0690. The lowest BCUT2D eigenvalue weighted by Crippen LogP contribution is -2.02. The number of halogens is 1. The zero-order chi connectivity index (χ0) is 10.7. The van der Waals surface area contributed by atoms with E-state index in [1.165, 1.54) is 13.2 Å².